The van der Waals surface area contributed by atoms with Gasteiger partial charge in [-0.2, -0.15) is 26.3 Å². The van der Waals surface area contributed by atoms with Gasteiger partial charge in [0.15, 0.2) is 0 Å². The molecule has 0 spiro atoms. The van der Waals surface area contributed by atoms with E-state index in [4.69, 9.17) is 4.74 Å². The monoisotopic (exact) mass is 377 g/mol. The van der Waals surface area contributed by atoms with Crippen LogP contribution in [-0.2, 0) is 5.41 Å². The van der Waals surface area contributed by atoms with Crippen LogP contribution >= 0.6 is 0 Å². The second kappa shape index (κ2) is 7.17. The maximum absolute atomic E-state index is 13.9. The quantitative estimate of drug-likeness (QED) is 0.634. The predicted octanol–water partition coefficient (Wildman–Crippen LogP) is 5.59. The Morgan fingerprint density at radius 2 is 1.38 bits per heavy atom. The molecule has 1 aromatic carbocycles. The first kappa shape index (κ1) is 20.1. The number of hydrogen-bond donors (Lipinski definition) is 0. The first-order valence-corrected chi connectivity index (χ1v) is 7.84. The maximum Gasteiger partial charge on any atom is 0.411 e. The number of alkyl halides is 6. The SMILES string of the molecule is CCCOc1ccc(C(c2ccc(C)nc2)(C(F)(F)F)C(F)(F)F)cc1. The maximum atomic E-state index is 13.9. The number of nitrogens with zero attached hydrogens (tertiary/aromatic N) is 1. The van der Waals surface area contributed by atoms with E-state index in [-0.39, 0.29) is 5.75 Å². The summed E-state index contributed by atoms with van der Waals surface area (Å²) >= 11 is 0. The van der Waals surface area contributed by atoms with Gasteiger partial charge in [-0.05, 0) is 42.7 Å². The van der Waals surface area contributed by atoms with Crippen molar-refractivity contribution in [2.45, 2.75) is 38.0 Å². The highest BCUT2D eigenvalue weighted by Crippen LogP contribution is 2.56. The highest BCUT2D eigenvalue weighted by molar-refractivity contribution is 5.45. The second-order valence-electron chi connectivity index (χ2n) is 5.81. The Hall–Kier alpha value is -2.25. The van der Waals surface area contributed by atoms with Gasteiger partial charge in [0, 0.05) is 11.9 Å². The van der Waals surface area contributed by atoms with Crippen molar-refractivity contribution in [1.82, 2.24) is 4.98 Å². The van der Waals surface area contributed by atoms with Crippen LogP contribution in [0.25, 0.3) is 0 Å². The van der Waals surface area contributed by atoms with Gasteiger partial charge in [-0.15, -0.1) is 0 Å². The van der Waals surface area contributed by atoms with Crippen LogP contribution in [0.5, 0.6) is 5.75 Å². The van der Waals surface area contributed by atoms with Crippen LogP contribution in [0.3, 0.4) is 0 Å². The molecular weight excluding hydrogens is 360 g/mol. The minimum atomic E-state index is -5.62. The van der Waals surface area contributed by atoms with Crippen LogP contribution in [-0.4, -0.2) is 23.9 Å². The van der Waals surface area contributed by atoms with E-state index in [1.165, 1.54) is 6.92 Å². The summed E-state index contributed by atoms with van der Waals surface area (Å²) in [6, 6.07) is 5.75. The molecule has 142 valence electrons. The van der Waals surface area contributed by atoms with Gasteiger partial charge in [-0.3, -0.25) is 4.98 Å². The third-order valence-electron chi connectivity index (χ3n) is 3.95. The van der Waals surface area contributed by atoms with Gasteiger partial charge in [0.2, 0.25) is 5.41 Å². The van der Waals surface area contributed by atoms with E-state index in [2.05, 4.69) is 4.98 Å². The van der Waals surface area contributed by atoms with Crippen LogP contribution in [0.15, 0.2) is 42.6 Å². The third-order valence-corrected chi connectivity index (χ3v) is 3.95. The van der Waals surface area contributed by atoms with E-state index < -0.39 is 28.9 Å². The summed E-state index contributed by atoms with van der Waals surface area (Å²) in [7, 11) is 0. The van der Waals surface area contributed by atoms with Gasteiger partial charge >= 0.3 is 12.4 Å². The molecular formula is C18H17F6NO. The second-order valence-corrected chi connectivity index (χ2v) is 5.81. The standard InChI is InChI=1S/C18H17F6NO/c1-3-10-26-15-8-6-13(7-9-15)16(17(19,20)21,18(22,23)24)14-5-4-12(2)25-11-14/h4-9,11H,3,10H2,1-2H3. The fourth-order valence-corrected chi connectivity index (χ4v) is 2.69. The molecule has 0 radical (unpaired) electrons. The molecule has 0 aliphatic heterocycles. The summed E-state index contributed by atoms with van der Waals surface area (Å²) in [5.74, 6) is 0.205. The van der Waals surface area contributed by atoms with Crippen molar-refractivity contribution in [2.75, 3.05) is 6.61 Å². The first-order valence-electron chi connectivity index (χ1n) is 7.84. The molecule has 8 heteroatoms. The molecule has 0 aliphatic rings. The number of halogens is 6. The largest absolute Gasteiger partial charge is 0.494 e. The number of aromatic nitrogens is 1. The highest BCUT2D eigenvalue weighted by Gasteiger charge is 2.72. The summed E-state index contributed by atoms with van der Waals surface area (Å²) in [6.07, 6.45) is -9.95. The van der Waals surface area contributed by atoms with Crippen LogP contribution in [0.4, 0.5) is 26.3 Å². The topological polar surface area (TPSA) is 22.1 Å². The molecule has 0 fully saturated rings. The van der Waals surface area contributed by atoms with Crippen LogP contribution in [0.1, 0.15) is 30.2 Å². The Labute approximate surface area is 146 Å². The van der Waals surface area contributed by atoms with Gasteiger partial charge in [0.25, 0.3) is 0 Å². The lowest BCUT2D eigenvalue weighted by molar-refractivity contribution is -0.288. The third kappa shape index (κ3) is 3.50. The molecule has 1 heterocycles. The van der Waals surface area contributed by atoms with E-state index in [9.17, 15) is 26.3 Å². The molecule has 0 N–H and O–H groups in total. The average molecular weight is 377 g/mol. The Balaban J connectivity index is 2.69. The van der Waals surface area contributed by atoms with E-state index >= 15 is 0 Å². The minimum Gasteiger partial charge on any atom is -0.494 e. The molecule has 2 nitrogen and oxygen atoms in total. The van der Waals surface area contributed by atoms with Crippen LogP contribution in [0.2, 0.25) is 0 Å². The Morgan fingerprint density at radius 1 is 0.846 bits per heavy atom. The molecule has 0 aliphatic carbocycles. The Morgan fingerprint density at radius 3 is 1.81 bits per heavy atom. The van der Waals surface area contributed by atoms with Gasteiger partial charge in [-0.1, -0.05) is 25.1 Å². The van der Waals surface area contributed by atoms with Gasteiger partial charge in [-0.25, -0.2) is 0 Å². The van der Waals surface area contributed by atoms with Gasteiger partial charge in [0.1, 0.15) is 5.75 Å². The van der Waals surface area contributed by atoms with Crippen molar-refractivity contribution < 1.29 is 31.1 Å². The molecule has 1 aromatic heterocycles. The first-order chi connectivity index (χ1) is 12.0. The number of hydrogen-bond acceptors (Lipinski definition) is 2. The summed E-state index contributed by atoms with van der Waals surface area (Å²) in [5, 5.41) is 0. The lowest BCUT2D eigenvalue weighted by Gasteiger charge is -2.38. The Kier molecular flexibility index (Phi) is 5.53. The van der Waals surface area contributed by atoms with Crippen molar-refractivity contribution in [3.05, 3.63) is 59.4 Å². The lowest BCUT2D eigenvalue weighted by Crippen LogP contribution is -2.54. The molecule has 26 heavy (non-hydrogen) atoms. The minimum absolute atomic E-state index is 0.205. The van der Waals surface area contributed by atoms with Crippen molar-refractivity contribution in [1.29, 1.82) is 0 Å². The van der Waals surface area contributed by atoms with Crippen molar-refractivity contribution >= 4 is 0 Å². The molecule has 0 unspecified atom stereocenters. The fraction of sp³-hybridized carbons (Fsp3) is 0.389. The van der Waals surface area contributed by atoms with Crippen molar-refractivity contribution in [3.8, 4) is 5.75 Å². The number of pyridine rings is 1. The van der Waals surface area contributed by atoms with Crippen LogP contribution < -0.4 is 4.74 Å². The summed E-state index contributed by atoms with van der Waals surface area (Å²) < 4.78 is 88.4. The van der Waals surface area contributed by atoms with Gasteiger partial charge < -0.3 is 4.74 Å². The Bertz CT molecular complexity index is 705. The van der Waals surface area contributed by atoms with E-state index in [0.717, 1.165) is 36.4 Å². The number of rotatable bonds is 5. The molecule has 2 rings (SSSR count). The van der Waals surface area contributed by atoms with Gasteiger partial charge in [0.05, 0.1) is 6.61 Å². The predicted molar refractivity (Wildman–Crippen MR) is 84.1 cm³/mol. The summed E-state index contributed by atoms with van der Waals surface area (Å²) in [5.41, 5.74) is -5.78. The number of aryl methyl sites for hydroxylation is 1. The normalized spacial score (nSPS) is 12.9. The zero-order chi connectivity index (χ0) is 19.6. The van der Waals surface area contributed by atoms with Crippen molar-refractivity contribution in [2.24, 2.45) is 0 Å². The lowest BCUT2D eigenvalue weighted by atomic mass is 9.73. The molecule has 0 amide bonds. The zero-order valence-corrected chi connectivity index (χ0v) is 14.1. The summed E-state index contributed by atoms with van der Waals surface area (Å²) in [4.78, 5) is 3.63. The smallest absolute Gasteiger partial charge is 0.411 e. The average Bonchev–Trinajstić information content (AvgIpc) is 2.54. The molecule has 0 atom stereocenters. The summed E-state index contributed by atoms with van der Waals surface area (Å²) in [6.45, 7) is 3.62. The van der Waals surface area contributed by atoms with E-state index in [1.807, 2.05) is 6.92 Å². The number of benzene rings is 1. The molecule has 0 bridgehead atoms. The van der Waals surface area contributed by atoms with E-state index in [0.29, 0.717) is 24.9 Å². The fourth-order valence-electron chi connectivity index (χ4n) is 2.69. The molecule has 0 saturated carbocycles. The van der Waals surface area contributed by atoms with Crippen LogP contribution in [0, 0.1) is 6.92 Å². The van der Waals surface area contributed by atoms with Crippen molar-refractivity contribution in [3.63, 3.8) is 0 Å². The zero-order valence-electron chi connectivity index (χ0n) is 14.1. The molecule has 0 saturated heterocycles. The number of ether oxygens (including phenoxy) is 1. The highest BCUT2D eigenvalue weighted by atomic mass is 19.4. The van der Waals surface area contributed by atoms with E-state index in [1.54, 1.807) is 0 Å². The molecule has 2 aromatic rings.